The summed E-state index contributed by atoms with van der Waals surface area (Å²) in [4.78, 5) is 0. The number of phosphoric ester groups is 1. The minimum absolute atomic E-state index is 0.122. The minimum Gasteiger partial charge on any atom is -0.342 e. The highest BCUT2D eigenvalue weighted by Gasteiger charge is 2.60. The standard InChI is InChI=1S/C15H27O9P/c1-7-18-25(16,17-6)19-8-9-10-11(22-14(2,3)21-10)12-13(20-9)24-15(4,5)23-12/h9-13H,7-8H2,1-6H3/t9-,10+,11+,12-,13-,25?/m1/s1/i6D. The molecule has 10 heteroatoms. The Labute approximate surface area is 149 Å². The second kappa shape index (κ2) is 6.82. The van der Waals surface area contributed by atoms with Gasteiger partial charge in [0, 0.05) is 7.09 Å². The highest BCUT2D eigenvalue weighted by atomic mass is 31.2. The van der Waals surface area contributed by atoms with Crippen molar-refractivity contribution in [3.05, 3.63) is 0 Å². The van der Waals surface area contributed by atoms with Crippen molar-refractivity contribution in [2.75, 3.05) is 20.3 Å². The Morgan fingerprint density at radius 3 is 2.32 bits per heavy atom. The summed E-state index contributed by atoms with van der Waals surface area (Å²) in [6.07, 6.45) is -2.68. The molecule has 3 aliphatic heterocycles. The second-order valence-electron chi connectivity index (χ2n) is 7.00. The van der Waals surface area contributed by atoms with E-state index in [1.807, 2.05) is 0 Å². The average molecular weight is 383 g/mol. The maximum absolute atomic E-state index is 12.4. The van der Waals surface area contributed by atoms with Gasteiger partial charge in [0.25, 0.3) is 0 Å². The summed E-state index contributed by atoms with van der Waals surface area (Å²) < 4.78 is 64.4. The Kier molecular flexibility index (Phi) is 4.98. The van der Waals surface area contributed by atoms with E-state index in [1.54, 1.807) is 34.6 Å². The van der Waals surface area contributed by atoms with E-state index >= 15 is 0 Å². The molecular weight excluding hydrogens is 355 g/mol. The maximum atomic E-state index is 12.4. The molecule has 3 rings (SSSR count). The number of rotatable bonds is 6. The molecule has 0 spiro atoms. The Hall–Kier alpha value is -0.0900. The molecule has 0 aliphatic carbocycles. The molecule has 0 saturated carbocycles. The molecule has 0 aromatic carbocycles. The number of hydrogen-bond donors (Lipinski definition) is 0. The van der Waals surface area contributed by atoms with Crippen LogP contribution in [-0.4, -0.2) is 62.6 Å². The lowest BCUT2D eigenvalue weighted by molar-refractivity contribution is -0.239. The van der Waals surface area contributed by atoms with Crippen molar-refractivity contribution in [2.24, 2.45) is 0 Å². The second-order valence-corrected chi connectivity index (χ2v) is 8.67. The van der Waals surface area contributed by atoms with Crippen molar-refractivity contribution in [1.29, 1.82) is 0 Å². The van der Waals surface area contributed by atoms with Crippen molar-refractivity contribution in [2.45, 2.75) is 76.9 Å². The van der Waals surface area contributed by atoms with E-state index in [4.69, 9.17) is 38.6 Å². The van der Waals surface area contributed by atoms with Crippen LogP contribution in [0.3, 0.4) is 0 Å². The van der Waals surface area contributed by atoms with E-state index in [2.05, 4.69) is 0 Å². The largest absolute Gasteiger partial charge is 0.474 e. The summed E-state index contributed by atoms with van der Waals surface area (Å²) in [7, 11) is -4.39. The first-order valence-corrected chi connectivity index (χ1v) is 9.74. The van der Waals surface area contributed by atoms with Gasteiger partial charge in [-0.15, -0.1) is 0 Å². The first kappa shape index (κ1) is 18.3. The van der Waals surface area contributed by atoms with Gasteiger partial charge in [-0.1, -0.05) is 0 Å². The van der Waals surface area contributed by atoms with E-state index in [0.29, 0.717) is 0 Å². The maximum Gasteiger partial charge on any atom is 0.474 e. The molecule has 0 radical (unpaired) electrons. The van der Waals surface area contributed by atoms with Gasteiger partial charge in [0.1, 0.15) is 24.4 Å². The summed E-state index contributed by atoms with van der Waals surface area (Å²) in [6, 6.07) is 0. The fraction of sp³-hybridized carbons (Fsp3) is 1.00. The van der Waals surface area contributed by atoms with Crippen molar-refractivity contribution in [3.63, 3.8) is 0 Å². The van der Waals surface area contributed by atoms with Crippen LogP contribution in [0.15, 0.2) is 0 Å². The van der Waals surface area contributed by atoms with E-state index in [1.165, 1.54) is 0 Å². The Morgan fingerprint density at radius 1 is 1.00 bits per heavy atom. The molecule has 1 unspecified atom stereocenters. The smallest absolute Gasteiger partial charge is 0.342 e. The van der Waals surface area contributed by atoms with Crippen LogP contribution in [0, 0.1) is 0 Å². The number of hydrogen-bond acceptors (Lipinski definition) is 9. The molecule has 3 heterocycles. The van der Waals surface area contributed by atoms with Crippen LogP contribution in [0.5, 0.6) is 0 Å². The molecule has 146 valence electrons. The van der Waals surface area contributed by atoms with Gasteiger partial charge in [0.05, 0.1) is 14.6 Å². The molecule has 3 fully saturated rings. The lowest BCUT2D eigenvalue weighted by Crippen LogP contribution is -2.56. The summed E-state index contributed by atoms with van der Waals surface area (Å²) in [6.45, 7) is 8.83. The Bertz CT molecular complexity index is 547. The predicted molar refractivity (Wildman–Crippen MR) is 84.7 cm³/mol. The topological polar surface area (TPSA) is 90.9 Å². The third-order valence-electron chi connectivity index (χ3n) is 4.09. The van der Waals surface area contributed by atoms with Crippen molar-refractivity contribution < 1.29 is 43.2 Å². The predicted octanol–water partition coefficient (Wildman–Crippen LogP) is 2.19. The number of ether oxygens (including phenoxy) is 5. The minimum atomic E-state index is -3.84. The molecule has 25 heavy (non-hydrogen) atoms. The Morgan fingerprint density at radius 2 is 1.64 bits per heavy atom. The summed E-state index contributed by atoms with van der Waals surface area (Å²) in [5, 5.41) is 0. The zero-order chi connectivity index (χ0) is 19.2. The molecule has 3 aliphatic rings. The molecule has 0 bridgehead atoms. The zero-order valence-electron chi connectivity index (χ0n) is 16.1. The van der Waals surface area contributed by atoms with Gasteiger partial charge in [0.15, 0.2) is 17.9 Å². The summed E-state index contributed by atoms with van der Waals surface area (Å²) in [5.74, 6) is -1.65. The van der Waals surface area contributed by atoms with Crippen LogP contribution in [0.2, 0.25) is 0 Å². The molecule has 0 aromatic heterocycles. The van der Waals surface area contributed by atoms with Crippen LogP contribution >= 0.6 is 7.82 Å². The molecule has 3 saturated heterocycles. The van der Waals surface area contributed by atoms with E-state index in [9.17, 15) is 4.57 Å². The van der Waals surface area contributed by atoms with E-state index in [0.717, 1.165) is 0 Å². The van der Waals surface area contributed by atoms with Gasteiger partial charge in [0.2, 0.25) is 0 Å². The van der Waals surface area contributed by atoms with Gasteiger partial charge in [-0.2, -0.15) is 0 Å². The van der Waals surface area contributed by atoms with Crippen LogP contribution in [0.25, 0.3) is 0 Å². The van der Waals surface area contributed by atoms with Crippen LogP contribution in [-0.2, 0) is 41.8 Å². The fourth-order valence-corrected chi connectivity index (χ4v) is 4.13. The quantitative estimate of drug-likeness (QED) is 0.640. The fourth-order valence-electron chi connectivity index (χ4n) is 3.26. The zero-order valence-corrected chi connectivity index (χ0v) is 16.0. The van der Waals surface area contributed by atoms with Crippen LogP contribution in [0.1, 0.15) is 36.0 Å². The highest BCUT2D eigenvalue weighted by molar-refractivity contribution is 7.48. The van der Waals surface area contributed by atoms with Crippen LogP contribution < -0.4 is 0 Å². The van der Waals surface area contributed by atoms with E-state index < -0.39 is 57.2 Å². The van der Waals surface area contributed by atoms with Gasteiger partial charge in [-0.3, -0.25) is 13.6 Å². The van der Waals surface area contributed by atoms with Crippen LogP contribution in [0.4, 0.5) is 0 Å². The third-order valence-corrected chi connectivity index (χ3v) is 5.45. The Balaban J connectivity index is 1.74. The van der Waals surface area contributed by atoms with E-state index in [-0.39, 0.29) is 13.2 Å². The molecule has 0 aromatic rings. The molecular formula is C15H27O9P. The molecule has 0 N–H and O–H groups in total. The van der Waals surface area contributed by atoms with Gasteiger partial charge in [-0.05, 0) is 34.6 Å². The molecule has 0 amide bonds. The monoisotopic (exact) mass is 383 g/mol. The van der Waals surface area contributed by atoms with Gasteiger partial charge < -0.3 is 23.7 Å². The highest BCUT2D eigenvalue weighted by Crippen LogP contribution is 2.50. The van der Waals surface area contributed by atoms with Gasteiger partial charge >= 0.3 is 7.82 Å². The normalized spacial score (nSPS) is 41.6. The lowest BCUT2D eigenvalue weighted by Gasteiger charge is -2.37. The molecule has 9 nitrogen and oxygen atoms in total. The van der Waals surface area contributed by atoms with Crippen molar-refractivity contribution >= 4 is 7.82 Å². The SMILES string of the molecule is [2H]COP(=O)(OCC)OC[C@H]1O[C@@H]2OC(C)(C)O[C@@H]2[C@H]2OC(C)(C)O[C@H]21. The average Bonchev–Trinajstić information content (AvgIpc) is 2.99. The third kappa shape index (κ3) is 4.10. The van der Waals surface area contributed by atoms with Gasteiger partial charge in [-0.25, -0.2) is 4.57 Å². The summed E-state index contributed by atoms with van der Waals surface area (Å²) in [5.41, 5.74) is 0. The first-order valence-electron chi connectivity index (χ1n) is 8.98. The summed E-state index contributed by atoms with van der Waals surface area (Å²) >= 11 is 0. The molecule has 6 atom stereocenters. The number of phosphoric acid groups is 1. The van der Waals surface area contributed by atoms with Crippen molar-refractivity contribution in [1.82, 2.24) is 0 Å². The lowest BCUT2D eigenvalue weighted by atomic mass is 9.99. The first-order chi connectivity index (χ1) is 12.1. The number of fused-ring (bicyclic) bond motifs is 3. The van der Waals surface area contributed by atoms with Crippen molar-refractivity contribution in [3.8, 4) is 0 Å².